The molecule has 0 unspecified atom stereocenters. The number of aliphatic imine (C=N–C) groups is 1. The molecule has 3 rings (SSSR count). The molecule has 6 nitrogen and oxygen atoms in total. The predicted molar refractivity (Wildman–Crippen MR) is 149 cm³/mol. The van der Waals surface area contributed by atoms with Crippen molar-refractivity contribution in [2.24, 2.45) is 4.99 Å². The second-order valence-corrected chi connectivity index (χ2v) is 7.63. The lowest BCUT2D eigenvalue weighted by Crippen LogP contribution is -2.38. The van der Waals surface area contributed by atoms with Crippen molar-refractivity contribution in [3.63, 3.8) is 0 Å². The van der Waals surface area contributed by atoms with Crippen molar-refractivity contribution in [3.8, 4) is 0 Å². The fourth-order valence-corrected chi connectivity index (χ4v) is 3.46. The molecule has 0 spiro atoms. The summed E-state index contributed by atoms with van der Waals surface area (Å²) in [6, 6.07) is 26.1. The van der Waals surface area contributed by atoms with Gasteiger partial charge in [-0.05, 0) is 40.8 Å². The Hall–Kier alpha value is -2.91. The molecular formula is C27H33IN4O2. The third kappa shape index (κ3) is 8.79. The van der Waals surface area contributed by atoms with Crippen LogP contribution < -0.4 is 16.0 Å². The minimum Gasteiger partial charge on any atom is -0.372 e. The van der Waals surface area contributed by atoms with Crippen molar-refractivity contribution < 1.29 is 9.53 Å². The van der Waals surface area contributed by atoms with Gasteiger partial charge in [0.15, 0.2) is 5.96 Å². The highest BCUT2D eigenvalue weighted by atomic mass is 127. The third-order valence-corrected chi connectivity index (χ3v) is 5.28. The smallest absolute Gasteiger partial charge is 0.251 e. The number of nitrogens with zero attached hydrogens (tertiary/aromatic N) is 1. The Bertz CT molecular complexity index is 1060. The van der Waals surface area contributed by atoms with Gasteiger partial charge in [0.25, 0.3) is 5.91 Å². The van der Waals surface area contributed by atoms with E-state index in [0.717, 1.165) is 23.5 Å². The van der Waals surface area contributed by atoms with E-state index in [0.29, 0.717) is 31.9 Å². The number of hydrogen-bond donors (Lipinski definition) is 3. The Kier molecular flexibility index (Phi) is 12.1. The highest BCUT2D eigenvalue weighted by Gasteiger charge is 2.06. The summed E-state index contributed by atoms with van der Waals surface area (Å²) < 4.78 is 5.93. The monoisotopic (exact) mass is 572 g/mol. The van der Waals surface area contributed by atoms with E-state index in [9.17, 15) is 4.79 Å². The van der Waals surface area contributed by atoms with Crippen LogP contribution in [0.3, 0.4) is 0 Å². The molecule has 3 N–H and O–H groups in total. The van der Waals surface area contributed by atoms with E-state index in [2.05, 4.69) is 45.2 Å². The Labute approximate surface area is 219 Å². The van der Waals surface area contributed by atoms with Crippen LogP contribution in [0.4, 0.5) is 0 Å². The molecule has 0 saturated carbocycles. The zero-order valence-electron chi connectivity index (χ0n) is 19.7. The Morgan fingerprint density at radius 2 is 1.56 bits per heavy atom. The van der Waals surface area contributed by atoms with Crippen LogP contribution in [0.5, 0.6) is 0 Å². The molecular weight excluding hydrogens is 539 g/mol. The Morgan fingerprint density at radius 1 is 0.853 bits per heavy atom. The lowest BCUT2D eigenvalue weighted by molar-refractivity contribution is 0.0963. The molecule has 0 atom stereocenters. The molecule has 0 heterocycles. The molecule has 180 valence electrons. The number of ether oxygens (including phenoxy) is 1. The number of carbonyl (C=O) groups excluding carboxylic acids is 1. The molecule has 0 aliphatic carbocycles. The SMILES string of the molecule is CN=C(NCCc1cccc(C(=O)NC)c1)NCc1ccccc1COCc1ccccc1.I. The van der Waals surface area contributed by atoms with Gasteiger partial charge in [0.2, 0.25) is 0 Å². The van der Waals surface area contributed by atoms with Crippen LogP contribution in [0.25, 0.3) is 0 Å². The summed E-state index contributed by atoms with van der Waals surface area (Å²) >= 11 is 0. The maximum atomic E-state index is 11.8. The summed E-state index contributed by atoms with van der Waals surface area (Å²) in [7, 11) is 3.40. The van der Waals surface area contributed by atoms with Gasteiger partial charge in [-0.1, -0.05) is 66.7 Å². The first-order valence-electron chi connectivity index (χ1n) is 11.1. The molecule has 0 fully saturated rings. The number of rotatable bonds is 10. The zero-order chi connectivity index (χ0) is 23.3. The molecule has 3 aromatic rings. The summed E-state index contributed by atoms with van der Waals surface area (Å²) in [6.45, 7) is 2.50. The van der Waals surface area contributed by atoms with Gasteiger partial charge in [0.05, 0.1) is 13.2 Å². The lowest BCUT2D eigenvalue weighted by atomic mass is 10.1. The van der Waals surface area contributed by atoms with E-state index in [1.54, 1.807) is 14.1 Å². The average molecular weight is 572 g/mol. The number of hydrogen-bond acceptors (Lipinski definition) is 3. The van der Waals surface area contributed by atoms with Gasteiger partial charge in [-0.3, -0.25) is 9.79 Å². The van der Waals surface area contributed by atoms with Crippen LogP contribution in [-0.4, -0.2) is 32.5 Å². The number of halogens is 1. The van der Waals surface area contributed by atoms with E-state index < -0.39 is 0 Å². The molecule has 34 heavy (non-hydrogen) atoms. The van der Waals surface area contributed by atoms with Crippen molar-refractivity contribution in [1.29, 1.82) is 0 Å². The molecule has 0 bridgehead atoms. The second-order valence-electron chi connectivity index (χ2n) is 7.63. The van der Waals surface area contributed by atoms with E-state index in [1.807, 2.05) is 54.6 Å². The number of carbonyl (C=O) groups is 1. The standard InChI is InChI=1S/C27H32N4O2.HI/c1-28-26(32)23-14-8-11-21(17-23)15-16-30-27(29-2)31-18-24-12-6-7-13-25(24)20-33-19-22-9-4-3-5-10-22;/h3-14,17H,15-16,18-20H2,1-2H3,(H,28,32)(H2,29,30,31);1H. The van der Waals surface area contributed by atoms with Crippen LogP contribution in [0.1, 0.15) is 32.6 Å². The van der Waals surface area contributed by atoms with Crippen molar-refractivity contribution in [2.75, 3.05) is 20.6 Å². The highest BCUT2D eigenvalue weighted by Crippen LogP contribution is 2.12. The van der Waals surface area contributed by atoms with Gasteiger partial charge in [0, 0.05) is 32.7 Å². The molecule has 3 aromatic carbocycles. The molecule has 0 saturated heterocycles. The van der Waals surface area contributed by atoms with Crippen LogP contribution in [-0.2, 0) is 30.9 Å². The van der Waals surface area contributed by atoms with Crippen molar-refractivity contribution in [2.45, 2.75) is 26.2 Å². The number of nitrogens with one attached hydrogen (secondary N) is 3. The van der Waals surface area contributed by atoms with Gasteiger partial charge in [-0.25, -0.2) is 0 Å². The van der Waals surface area contributed by atoms with Crippen molar-refractivity contribution >= 4 is 35.8 Å². The largest absolute Gasteiger partial charge is 0.372 e. The normalized spacial score (nSPS) is 10.8. The van der Waals surface area contributed by atoms with Gasteiger partial charge in [0.1, 0.15) is 0 Å². The molecule has 0 aromatic heterocycles. The van der Waals surface area contributed by atoms with Crippen LogP contribution in [0, 0.1) is 0 Å². The Morgan fingerprint density at radius 3 is 2.29 bits per heavy atom. The fourth-order valence-electron chi connectivity index (χ4n) is 3.46. The highest BCUT2D eigenvalue weighted by molar-refractivity contribution is 14.0. The first-order chi connectivity index (χ1) is 16.2. The summed E-state index contributed by atoms with van der Waals surface area (Å²) in [5.41, 5.74) is 5.26. The maximum absolute atomic E-state index is 11.8. The van der Waals surface area contributed by atoms with Gasteiger partial charge >= 0.3 is 0 Å². The molecule has 1 amide bonds. The van der Waals surface area contributed by atoms with Gasteiger partial charge < -0.3 is 20.7 Å². The fraction of sp³-hybridized carbons (Fsp3) is 0.259. The number of guanidine groups is 1. The van der Waals surface area contributed by atoms with Crippen molar-refractivity contribution in [1.82, 2.24) is 16.0 Å². The first-order valence-corrected chi connectivity index (χ1v) is 11.1. The van der Waals surface area contributed by atoms with Crippen LogP contribution in [0.2, 0.25) is 0 Å². The predicted octanol–water partition coefficient (Wildman–Crippen LogP) is 4.29. The summed E-state index contributed by atoms with van der Waals surface area (Å²) in [4.78, 5) is 16.1. The summed E-state index contributed by atoms with van der Waals surface area (Å²) in [5, 5.41) is 9.38. The summed E-state index contributed by atoms with van der Waals surface area (Å²) in [5.74, 6) is 0.658. The zero-order valence-corrected chi connectivity index (χ0v) is 22.0. The topological polar surface area (TPSA) is 74.8 Å². The van der Waals surface area contributed by atoms with Gasteiger partial charge in [-0.2, -0.15) is 0 Å². The minimum absolute atomic E-state index is 0. The van der Waals surface area contributed by atoms with Crippen LogP contribution in [0.15, 0.2) is 83.9 Å². The van der Waals surface area contributed by atoms with Crippen molar-refractivity contribution in [3.05, 3.63) is 107 Å². The molecule has 0 radical (unpaired) electrons. The Balaban J connectivity index is 0.00000408. The van der Waals surface area contributed by atoms with Gasteiger partial charge in [-0.15, -0.1) is 24.0 Å². The van der Waals surface area contributed by atoms with Crippen LogP contribution >= 0.6 is 24.0 Å². The lowest BCUT2D eigenvalue weighted by Gasteiger charge is -2.15. The quantitative estimate of drug-likeness (QED) is 0.193. The van der Waals surface area contributed by atoms with E-state index in [-0.39, 0.29) is 29.9 Å². The molecule has 0 aliphatic rings. The molecule has 0 aliphatic heterocycles. The average Bonchev–Trinajstić information content (AvgIpc) is 2.87. The van der Waals surface area contributed by atoms with E-state index >= 15 is 0 Å². The van der Waals surface area contributed by atoms with E-state index in [4.69, 9.17) is 4.74 Å². The number of benzene rings is 3. The second kappa shape index (κ2) is 15.1. The summed E-state index contributed by atoms with van der Waals surface area (Å²) in [6.07, 6.45) is 0.787. The third-order valence-electron chi connectivity index (χ3n) is 5.28. The minimum atomic E-state index is -0.0753. The maximum Gasteiger partial charge on any atom is 0.251 e. The van der Waals surface area contributed by atoms with E-state index in [1.165, 1.54) is 11.1 Å². The first kappa shape index (κ1) is 27.3. The number of amides is 1. The molecule has 7 heteroatoms.